The molecular weight excluding hydrogens is 676 g/mol. The topological polar surface area (TPSA) is 206 Å². The number of aliphatic carboxylic acids is 3. The molecule has 0 radical (unpaired) electrons. The summed E-state index contributed by atoms with van der Waals surface area (Å²) in [5.74, 6) is -9.34. The Morgan fingerprint density at radius 1 is 0.846 bits per heavy atom. The second-order valence-corrected chi connectivity index (χ2v) is 14.3. The molecule has 0 aliphatic carbocycles. The summed E-state index contributed by atoms with van der Waals surface area (Å²) in [7, 11) is 0. The molecule has 2 bridgehead atoms. The van der Waals surface area contributed by atoms with Crippen molar-refractivity contribution in [2.75, 3.05) is 6.61 Å². The Morgan fingerprint density at radius 3 is 1.90 bits per heavy atom. The maximum absolute atomic E-state index is 13.0. The van der Waals surface area contributed by atoms with E-state index in [1.807, 2.05) is 37.3 Å². The smallest absolute Gasteiger partial charge is 0.343 e. The minimum atomic E-state index is -3.27. The fraction of sp³-hybridized carbons (Fsp3) is 0.692. The van der Waals surface area contributed by atoms with E-state index in [0.29, 0.717) is 18.4 Å². The van der Waals surface area contributed by atoms with E-state index >= 15 is 0 Å². The highest BCUT2D eigenvalue weighted by atomic mass is 16.8. The molecule has 2 aliphatic rings. The third kappa shape index (κ3) is 9.59. The molecular formula is C39H58O13. The monoisotopic (exact) mass is 734 g/mol. The second-order valence-electron chi connectivity index (χ2n) is 14.3. The zero-order chi connectivity index (χ0) is 38.5. The van der Waals surface area contributed by atoms with Crippen molar-refractivity contribution in [3.05, 3.63) is 48.0 Å². The molecule has 2 heterocycles. The lowest BCUT2D eigenvalue weighted by Gasteiger charge is -2.50. The number of unbranched alkanes of at least 4 members (excludes halogenated alkanes) is 11. The number of hydrogen-bond donors (Lipinski definition) is 5. The van der Waals surface area contributed by atoms with Crippen molar-refractivity contribution >= 4 is 23.9 Å². The standard InChI is InChI=1S/C39H58O13/c1-5-6-7-8-9-10-11-12-13-14-15-19-24-49-39(36(47)48)33(34(43)44)51-37(31(41)32(42)38(39,52-37)35(45)46)23-22-26(2)30(50-28(4)40)27(3)25-29-20-17-16-18-21-29/h16-18,20-21,27,30-33,41-42H,2,5-15,19,22-25H2,1,3-4H3,(H,43,44)(H,45,46)(H,47,48)/t27-,30-,31-,32-,33-,37+,38+,39-/m1/s1. The quantitative estimate of drug-likeness (QED) is 0.0483. The van der Waals surface area contributed by atoms with Gasteiger partial charge in [-0.05, 0) is 30.4 Å². The van der Waals surface area contributed by atoms with Gasteiger partial charge in [0.15, 0.2) is 5.79 Å². The summed E-state index contributed by atoms with van der Waals surface area (Å²) in [6.07, 6.45) is 4.01. The van der Waals surface area contributed by atoms with Gasteiger partial charge >= 0.3 is 23.9 Å². The van der Waals surface area contributed by atoms with Crippen LogP contribution in [0.25, 0.3) is 0 Å². The summed E-state index contributed by atoms with van der Waals surface area (Å²) in [5, 5.41) is 54.0. The van der Waals surface area contributed by atoms with Gasteiger partial charge in [0.25, 0.3) is 0 Å². The first-order valence-electron chi connectivity index (χ1n) is 18.7. The van der Waals surface area contributed by atoms with Crippen molar-refractivity contribution in [2.45, 2.75) is 158 Å². The van der Waals surface area contributed by atoms with Gasteiger partial charge in [0.2, 0.25) is 17.3 Å². The lowest BCUT2D eigenvalue weighted by Crippen LogP contribution is -2.78. The first-order chi connectivity index (χ1) is 24.7. The van der Waals surface area contributed by atoms with Crippen LogP contribution in [-0.4, -0.2) is 97.4 Å². The molecule has 8 atom stereocenters. The van der Waals surface area contributed by atoms with Gasteiger partial charge in [0.1, 0.15) is 18.3 Å². The molecule has 0 unspecified atom stereocenters. The zero-order valence-corrected chi connectivity index (χ0v) is 30.8. The summed E-state index contributed by atoms with van der Waals surface area (Å²) >= 11 is 0. The van der Waals surface area contributed by atoms with Crippen molar-refractivity contribution < 1.29 is 63.7 Å². The van der Waals surface area contributed by atoms with E-state index in [1.54, 1.807) is 0 Å². The van der Waals surface area contributed by atoms with E-state index in [1.165, 1.54) is 45.4 Å². The number of carbonyl (C=O) groups is 4. The van der Waals surface area contributed by atoms with E-state index < -0.39 is 71.7 Å². The van der Waals surface area contributed by atoms with Crippen LogP contribution < -0.4 is 0 Å². The van der Waals surface area contributed by atoms with Gasteiger partial charge in [-0.1, -0.05) is 121 Å². The molecule has 0 spiro atoms. The summed E-state index contributed by atoms with van der Waals surface area (Å²) in [4.78, 5) is 50.8. The summed E-state index contributed by atoms with van der Waals surface area (Å²) < 4.78 is 22.8. The Kier molecular flexibility index (Phi) is 16.3. The van der Waals surface area contributed by atoms with Crippen molar-refractivity contribution in [1.29, 1.82) is 0 Å². The molecule has 2 aliphatic heterocycles. The Bertz CT molecular complexity index is 1350. The molecule has 1 aromatic carbocycles. The van der Waals surface area contributed by atoms with E-state index in [0.717, 1.165) is 31.2 Å². The normalized spacial score (nSPS) is 27.8. The lowest BCUT2D eigenvalue weighted by atomic mass is 9.74. The SMILES string of the molecule is C=C(CC[C@]12O[C@H](C(=O)O)[C@@](OCCCCCCCCCCCCCC)(C(=O)O)[C@](C(=O)O)(O1)[C@H](O)[C@H]2O)[C@@H](OC(C)=O)[C@H](C)Cc1ccccc1. The first kappa shape index (κ1) is 43.0. The highest BCUT2D eigenvalue weighted by molar-refractivity contribution is 5.98. The summed E-state index contributed by atoms with van der Waals surface area (Å²) in [5.41, 5.74) is -5.26. The van der Waals surface area contributed by atoms with Crippen LogP contribution in [0.2, 0.25) is 0 Å². The first-order valence-corrected chi connectivity index (χ1v) is 18.7. The number of hydrogen-bond acceptors (Lipinski definition) is 10. The van der Waals surface area contributed by atoms with Crippen LogP contribution in [0.15, 0.2) is 42.5 Å². The third-order valence-electron chi connectivity index (χ3n) is 10.3. The molecule has 3 rings (SSSR count). The molecule has 0 amide bonds. The Balaban J connectivity index is 1.75. The molecule has 0 saturated carbocycles. The number of carbonyl (C=O) groups excluding carboxylic acids is 1. The van der Waals surface area contributed by atoms with Gasteiger partial charge < -0.3 is 44.5 Å². The number of aliphatic hydroxyl groups excluding tert-OH is 2. The van der Waals surface area contributed by atoms with Crippen molar-refractivity contribution in [2.24, 2.45) is 5.92 Å². The molecule has 2 saturated heterocycles. The van der Waals surface area contributed by atoms with Gasteiger partial charge in [0.05, 0.1) is 0 Å². The number of aliphatic hydroxyl groups is 2. The van der Waals surface area contributed by atoms with Gasteiger partial charge in [0, 0.05) is 25.9 Å². The lowest BCUT2D eigenvalue weighted by molar-refractivity contribution is -0.380. The van der Waals surface area contributed by atoms with Crippen LogP contribution in [0, 0.1) is 5.92 Å². The van der Waals surface area contributed by atoms with Gasteiger partial charge in [-0.2, -0.15) is 0 Å². The number of esters is 1. The highest BCUT2D eigenvalue weighted by Crippen LogP contribution is 2.56. The number of rotatable bonds is 25. The van der Waals surface area contributed by atoms with E-state index in [-0.39, 0.29) is 25.4 Å². The Hall–Kier alpha value is -3.36. The predicted molar refractivity (Wildman–Crippen MR) is 189 cm³/mol. The maximum atomic E-state index is 13.0. The van der Waals surface area contributed by atoms with Crippen LogP contribution in [0.1, 0.15) is 116 Å². The molecule has 5 N–H and O–H groups in total. The molecule has 52 heavy (non-hydrogen) atoms. The van der Waals surface area contributed by atoms with Crippen molar-refractivity contribution in [3.8, 4) is 0 Å². The van der Waals surface area contributed by atoms with Gasteiger partial charge in [-0.25, -0.2) is 14.4 Å². The molecule has 0 aromatic heterocycles. The summed E-state index contributed by atoms with van der Waals surface area (Å²) in [6, 6.07) is 9.43. The maximum Gasteiger partial charge on any atom is 0.343 e. The van der Waals surface area contributed by atoms with Crippen LogP contribution in [0.3, 0.4) is 0 Å². The van der Waals surface area contributed by atoms with Crippen LogP contribution in [0.5, 0.6) is 0 Å². The van der Waals surface area contributed by atoms with Crippen molar-refractivity contribution in [1.82, 2.24) is 0 Å². The average molecular weight is 735 g/mol. The average Bonchev–Trinajstić information content (AvgIpc) is 3.29. The molecule has 2 fully saturated rings. The van der Waals surface area contributed by atoms with Gasteiger partial charge in [-0.15, -0.1) is 0 Å². The minimum Gasteiger partial charge on any atom is -0.479 e. The molecule has 13 nitrogen and oxygen atoms in total. The minimum absolute atomic E-state index is 0.150. The van der Waals surface area contributed by atoms with Crippen LogP contribution in [0.4, 0.5) is 0 Å². The summed E-state index contributed by atoms with van der Waals surface area (Å²) in [6.45, 7) is 8.95. The molecule has 292 valence electrons. The Labute approximate surface area is 306 Å². The number of carboxylic acids is 3. The predicted octanol–water partition coefficient (Wildman–Crippen LogP) is 5.43. The fourth-order valence-electron chi connectivity index (χ4n) is 7.58. The Morgan fingerprint density at radius 2 is 1.40 bits per heavy atom. The number of benzene rings is 1. The van der Waals surface area contributed by atoms with E-state index in [4.69, 9.17) is 18.9 Å². The zero-order valence-electron chi connectivity index (χ0n) is 30.8. The third-order valence-corrected chi connectivity index (χ3v) is 10.3. The van der Waals surface area contributed by atoms with Crippen molar-refractivity contribution in [3.63, 3.8) is 0 Å². The van der Waals surface area contributed by atoms with Crippen LogP contribution >= 0.6 is 0 Å². The second kappa shape index (κ2) is 19.6. The largest absolute Gasteiger partial charge is 0.479 e. The van der Waals surface area contributed by atoms with E-state index in [9.17, 15) is 44.7 Å². The van der Waals surface area contributed by atoms with Gasteiger partial charge in [-0.3, -0.25) is 4.79 Å². The number of ether oxygens (including phenoxy) is 4. The fourth-order valence-corrected chi connectivity index (χ4v) is 7.58. The van der Waals surface area contributed by atoms with E-state index in [2.05, 4.69) is 13.5 Å². The van der Waals surface area contributed by atoms with Crippen LogP contribution in [-0.2, 0) is 44.5 Å². The molecule has 13 heteroatoms. The highest BCUT2D eigenvalue weighted by Gasteiger charge is 2.85. The number of fused-ring (bicyclic) bond motifs is 2. The number of carboxylic acid groups (broad SMARTS) is 3. The molecule has 1 aromatic rings.